The van der Waals surface area contributed by atoms with Gasteiger partial charge in [-0.2, -0.15) is 5.10 Å². The first-order chi connectivity index (χ1) is 12.6. The van der Waals surface area contributed by atoms with E-state index in [4.69, 9.17) is 9.47 Å². The average molecular weight is 357 g/mol. The summed E-state index contributed by atoms with van der Waals surface area (Å²) >= 11 is 0. The second kappa shape index (κ2) is 8.03. The van der Waals surface area contributed by atoms with Gasteiger partial charge in [-0.25, -0.2) is 4.68 Å². The Hall–Kier alpha value is -2.83. The van der Waals surface area contributed by atoms with Crippen LogP contribution < -0.4 is 20.3 Å². The van der Waals surface area contributed by atoms with Crippen LogP contribution in [0.5, 0.6) is 11.5 Å². The van der Waals surface area contributed by atoms with Crippen LogP contribution in [0, 0.1) is 0 Å². The van der Waals surface area contributed by atoms with Crippen LogP contribution in [0.3, 0.4) is 0 Å². The zero-order valence-corrected chi connectivity index (χ0v) is 15.1. The van der Waals surface area contributed by atoms with Crippen LogP contribution in [-0.2, 0) is 19.4 Å². The first-order valence-corrected chi connectivity index (χ1v) is 8.72. The molecule has 1 aromatic carbocycles. The Labute approximate surface area is 151 Å². The van der Waals surface area contributed by atoms with Gasteiger partial charge in [0.15, 0.2) is 0 Å². The summed E-state index contributed by atoms with van der Waals surface area (Å²) in [5.41, 5.74) is 2.32. The van der Waals surface area contributed by atoms with Crippen LogP contribution in [0.4, 0.5) is 0 Å². The van der Waals surface area contributed by atoms with Gasteiger partial charge in [0.25, 0.3) is 11.5 Å². The smallest absolute Gasteiger partial charge is 0.267 e. The van der Waals surface area contributed by atoms with Crippen molar-refractivity contribution < 1.29 is 14.3 Å². The lowest BCUT2D eigenvalue weighted by Crippen LogP contribution is -2.33. The number of benzene rings is 1. The largest absolute Gasteiger partial charge is 0.497 e. The maximum atomic E-state index is 12.4. The van der Waals surface area contributed by atoms with E-state index in [1.165, 1.54) is 18.9 Å². The second-order valence-electron chi connectivity index (χ2n) is 6.21. The van der Waals surface area contributed by atoms with Gasteiger partial charge in [0.05, 0.1) is 32.0 Å². The Morgan fingerprint density at radius 3 is 2.77 bits per heavy atom. The Morgan fingerprint density at radius 1 is 1.19 bits per heavy atom. The molecule has 7 heteroatoms. The molecule has 0 radical (unpaired) electrons. The van der Waals surface area contributed by atoms with Gasteiger partial charge in [0, 0.05) is 12.6 Å². The highest BCUT2D eigenvalue weighted by Crippen LogP contribution is 2.23. The van der Waals surface area contributed by atoms with E-state index in [0.717, 1.165) is 36.9 Å². The summed E-state index contributed by atoms with van der Waals surface area (Å²) in [6.07, 6.45) is 4.04. The molecule has 0 atom stereocenters. The second-order valence-corrected chi connectivity index (χ2v) is 6.21. The molecule has 2 aromatic rings. The minimum absolute atomic E-state index is 0.126. The standard InChI is InChI=1S/C19H23N3O4/c1-25-14-7-8-17(26-2)15(12-14)19(24)20-9-10-22-18(23)11-13-5-3-4-6-16(13)21-22/h7-8,11-12H,3-6,9-10H2,1-2H3,(H,20,24). The lowest BCUT2D eigenvalue weighted by Gasteiger charge is -2.16. The van der Waals surface area contributed by atoms with Crippen molar-refractivity contribution in [3.63, 3.8) is 0 Å². The van der Waals surface area contributed by atoms with E-state index in [1.807, 2.05) is 0 Å². The van der Waals surface area contributed by atoms with Crippen molar-refractivity contribution in [2.45, 2.75) is 32.2 Å². The zero-order chi connectivity index (χ0) is 18.5. The molecule has 1 amide bonds. The number of amides is 1. The fraction of sp³-hybridized carbons (Fsp3) is 0.421. The molecule has 138 valence electrons. The molecule has 3 rings (SSSR count). The van der Waals surface area contributed by atoms with Crippen LogP contribution in [0.25, 0.3) is 0 Å². The number of rotatable bonds is 6. The van der Waals surface area contributed by atoms with Crippen molar-refractivity contribution in [2.75, 3.05) is 20.8 Å². The number of hydrogen-bond acceptors (Lipinski definition) is 5. The predicted molar refractivity (Wildman–Crippen MR) is 97.0 cm³/mol. The number of carbonyl (C=O) groups is 1. The molecule has 26 heavy (non-hydrogen) atoms. The van der Waals surface area contributed by atoms with Gasteiger partial charge in [-0.3, -0.25) is 9.59 Å². The van der Waals surface area contributed by atoms with Crippen molar-refractivity contribution in [1.82, 2.24) is 15.1 Å². The third-order valence-electron chi connectivity index (χ3n) is 4.53. The topological polar surface area (TPSA) is 82.4 Å². The van der Waals surface area contributed by atoms with Crippen molar-refractivity contribution >= 4 is 5.91 Å². The molecule has 1 aliphatic rings. The Kier molecular flexibility index (Phi) is 5.55. The molecule has 1 N–H and O–H groups in total. The fourth-order valence-corrected chi connectivity index (χ4v) is 3.12. The third kappa shape index (κ3) is 3.87. The number of ether oxygens (including phenoxy) is 2. The molecule has 0 saturated heterocycles. The molecule has 0 saturated carbocycles. The normalized spacial score (nSPS) is 13.0. The molecule has 1 heterocycles. The van der Waals surface area contributed by atoms with E-state index >= 15 is 0 Å². The van der Waals surface area contributed by atoms with Crippen LogP contribution in [0.2, 0.25) is 0 Å². The number of nitrogens with one attached hydrogen (secondary N) is 1. The van der Waals surface area contributed by atoms with Gasteiger partial charge in [0.2, 0.25) is 0 Å². The minimum atomic E-state index is -0.285. The number of aryl methyl sites for hydroxylation is 2. The zero-order valence-electron chi connectivity index (χ0n) is 15.1. The summed E-state index contributed by atoms with van der Waals surface area (Å²) in [5, 5.41) is 7.26. The number of hydrogen-bond donors (Lipinski definition) is 1. The van der Waals surface area contributed by atoms with Crippen LogP contribution in [0.1, 0.15) is 34.5 Å². The summed E-state index contributed by atoms with van der Waals surface area (Å²) in [6.45, 7) is 0.620. The SMILES string of the molecule is COc1ccc(OC)c(C(=O)NCCn2nc3c(cc2=O)CCCC3)c1. The van der Waals surface area contributed by atoms with Crippen LogP contribution in [-0.4, -0.2) is 36.5 Å². The Balaban J connectivity index is 1.67. The summed E-state index contributed by atoms with van der Waals surface area (Å²) in [6, 6.07) is 6.71. The van der Waals surface area contributed by atoms with Crippen molar-refractivity contribution in [3.05, 3.63) is 51.4 Å². The molecule has 0 aliphatic heterocycles. The Morgan fingerprint density at radius 2 is 2.00 bits per heavy atom. The number of methoxy groups -OCH3 is 2. The first-order valence-electron chi connectivity index (χ1n) is 8.72. The lowest BCUT2D eigenvalue weighted by atomic mass is 9.97. The van der Waals surface area contributed by atoms with Gasteiger partial charge in [0.1, 0.15) is 11.5 Å². The number of fused-ring (bicyclic) bond motifs is 1. The van der Waals surface area contributed by atoms with Crippen LogP contribution >= 0.6 is 0 Å². The molecule has 0 unspecified atom stereocenters. The van der Waals surface area contributed by atoms with E-state index in [9.17, 15) is 9.59 Å². The van der Waals surface area contributed by atoms with E-state index in [1.54, 1.807) is 24.3 Å². The lowest BCUT2D eigenvalue weighted by molar-refractivity contribution is 0.0948. The van der Waals surface area contributed by atoms with E-state index in [0.29, 0.717) is 30.2 Å². The van der Waals surface area contributed by atoms with Crippen molar-refractivity contribution in [3.8, 4) is 11.5 Å². The average Bonchev–Trinajstić information content (AvgIpc) is 2.67. The maximum absolute atomic E-state index is 12.4. The summed E-state index contributed by atoms with van der Waals surface area (Å²) in [7, 11) is 3.05. The van der Waals surface area contributed by atoms with E-state index < -0.39 is 0 Å². The molecular formula is C19H23N3O4. The summed E-state index contributed by atoms with van der Waals surface area (Å²) in [4.78, 5) is 24.6. The third-order valence-corrected chi connectivity index (χ3v) is 4.53. The van der Waals surface area contributed by atoms with Crippen molar-refractivity contribution in [2.24, 2.45) is 0 Å². The highest BCUT2D eigenvalue weighted by atomic mass is 16.5. The molecule has 7 nitrogen and oxygen atoms in total. The molecule has 1 aliphatic carbocycles. The highest BCUT2D eigenvalue weighted by Gasteiger charge is 2.15. The monoisotopic (exact) mass is 357 g/mol. The predicted octanol–water partition coefficient (Wildman–Crippen LogP) is 1.57. The van der Waals surface area contributed by atoms with Gasteiger partial charge in [-0.1, -0.05) is 0 Å². The molecule has 0 bridgehead atoms. The summed E-state index contributed by atoms with van der Waals surface area (Å²) < 4.78 is 11.8. The molecule has 1 aromatic heterocycles. The van der Waals surface area contributed by atoms with E-state index in [-0.39, 0.29) is 11.5 Å². The molecule has 0 spiro atoms. The van der Waals surface area contributed by atoms with Gasteiger partial charge >= 0.3 is 0 Å². The first kappa shape index (κ1) is 18.0. The molecule has 0 fully saturated rings. The fourth-order valence-electron chi connectivity index (χ4n) is 3.12. The van der Waals surface area contributed by atoms with Gasteiger partial charge in [-0.05, 0) is 49.4 Å². The van der Waals surface area contributed by atoms with Crippen molar-refractivity contribution in [1.29, 1.82) is 0 Å². The van der Waals surface area contributed by atoms with Crippen LogP contribution in [0.15, 0.2) is 29.1 Å². The highest BCUT2D eigenvalue weighted by molar-refractivity contribution is 5.97. The maximum Gasteiger partial charge on any atom is 0.267 e. The summed E-state index contributed by atoms with van der Waals surface area (Å²) in [5.74, 6) is 0.752. The van der Waals surface area contributed by atoms with Gasteiger partial charge < -0.3 is 14.8 Å². The molecular weight excluding hydrogens is 334 g/mol. The quantitative estimate of drug-likeness (QED) is 0.849. The van der Waals surface area contributed by atoms with E-state index in [2.05, 4.69) is 10.4 Å². The number of carbonyl (C=O) groups excluding carboxylic acids is 1. The minimum Gasteiger partial charge on any atom is -0.497 e. The number of nitrogens with zero attached hydrogens (tertiary/aromatic N) is 2. The van der Waals surface area contributed by atoms with Gasteiger partial charge in [-0.15, -0.1) is 0 Å². The number of aromatic nitrogens is 2. The Bertz CT molecular complexity index is 860.